The van der Waals surface area contributed by atoms with Gasteiger partial charge in [-0.15, -0.1) is 0 Å². The van der Waals surface area contributed by atoms with Crippen LogP contribution in [-0.4, -0.2) is 35.8 Å². The van der Waals surface area contributed by atoms with E-state index in [1.807, 2.05) is 18.8 Å². The molecular weight excluding hydrogens is 180 g/mol. The van der Waals surface area contributed by atoms with Gasteiger partial charge >= 0.3 is 0 Å². The van der Waals surface area contributed by atoms with Crippen molar-refractivity contribution >= 4 is 17.6 Å². The van der Waals surface area contributed by atoms with E-state index in [1.165, 1.54) is 12.2 Å². The van der Waals surface area contributed by atoms with Crippen molar-refractivity contribution < 1.29 is 0 Å². The molecule has 0 aromatic heterocycles. The van der Waals surface area contributed by atoms with Crippen molar-refractivity contribution in [3.8, 4) is 0 Å². The summed E-state index contributed by atoms with van der Waals surface area (Å²) in [5.41, 5.74) is 0. The molecule has 0 rings (SSSR count). The summed E-state index contributed by atoms with van der Waals surface area (Å²) in [6.45, 7) is 4.31. The third-order valence-electron chi connectivity index (χ3n) is 2.31. The van der Waals surface area contributed by atoms with Crippen molar-refractivity contribution in [3.05, 3.63) is 0 Å². The molecule has 0 amide bonds. The van der Waals surface area contributed by atoms with Crippen molar-refractivity contribution in [1.29, 1.82) is 5.41 Å². The number of hydrogen-bond acceptors (Lipinski definition) is 2. The molecule has 1 atom stereocenters. The lowest BCUT2D eigenvalue weighted by molar-refractivity contribution is 0.373. The van der Waals surface area contributed by atoms with E-state index in [2.05, 4.69) is 25.0 Å². The van der Waals surface area contributed by atoms with Gasteiger partial charge in [-0.3, -0.25) is 5.41 Å². The van der Waals surface area contributed by atoms with Gasteiger partial charge in [0, 0.05) is 19.5 Å². The Hall–Kier alpha value is -0.180. The SMILES string of the molecule is CCCC(=N)N(C)C(C)CCSC. The number of amidine groups is 1. The molecule has 0 fully saturated rings. The van der Waals surface area contributed by atoms with Gasteiger partial charge in [-0.1, -0.05) is 6.92 Å². The van der Waals surface area contributed by atoms with E-state index in [-0.39, 0.29) is 0 Å². The summed E-state index contributed by atoms with van der Waals surface area (Å²) in [6.07, 6.45) is 5.27. The molecule has 1 N–H and O–H groups in total. The second-order valence-electron chi connectivity index (χ2n) is 3.44. The monoisotopic (exact) mass is 202 g/mol. The summed E-state index contributed by atoms with van der Waals surface area (Å²) in [4.78, 5) is 2.10. The van der Waals surface area contributed by atoms with Gasteiger partial charge in [0.15, 0.2) is 0 Å². The lowest BCUT2D eigenvalue weighted by Crippen LogP contribution is -2.34. The second-order valence-corrected chi connectivity index (χ2v) is 4.42. The summed E-state index contributed by atoms with van der Waals surface area (Å²) >= 11 is 1.88. The molecule has 13 heavy (non-hydrogen) atoms. The molecule has 1 unspecified atom stereocenters. The standard InChI is InChI=1S/C10H22N2S/c1-5-6-10(11)12(3)9(2)7-8-13-4/h9,11H,5-8H2,1-4H3. The van der Waals surface area contributed by atoms with Crippen LogP contribution in [0, 0.1) is 5.41 Å². The first-order chi connectivity index (χ1) is 6.13. The Kier molecular flexibility index (Phi) is 7.14. The minimum absolute atomic E-state index is 0.506. The first-order valence-corrected chi connectivity index (χ1v) is 6.32. The second kappa shape index (κ2) is 7.25. The minimum atomic E-state index is 0.506. The molecule has 78 valence electrons. The Morgan fingerprint density at radius 1 is 1.54 bits per heavy atom. The molecule has 2 nitrogen and oxygen atoms in total. The molecule has 0 aromatic rings. The van der Waals surface area contributed by atoms with E-state index >= 15 is 0 Å². The number of nitrogens with zero attached hydrogens (tertiary/aromatic N) is 1. The molecule has 0 spiro atoms. The molecule has 0 aromatic carbocycles. The van der Waals surface area contributed by atoms with E-state index in [0.717, 1.165) is 18.7 Å². The van der Waals surface area contributed by atoms with Crippen LogP contribution in [0.1, 0.15) is 33.1 Å². The van der Waals surface area contributed by atoms with Crippen LogP contribution in [0.3, 0.4) is 0 Å². The molecule has 0 radical (unpaired) electrons. The van der Waals surface area contributed by atoms with Crippen LogP contribution in [0.5, 0.6) is 0 Å². The third-order valence-corrected chi connectivity index (χ3v) is 2.96. The Morgan fingerprint density at radius 3 is 2.62 bits per heavy atom. The predicted octanol–water partition coefficient (Wildman–Crippen LogP) is 2.84. The largest absolute Gasteiger partial charge is 0.361 e. The van der Waals surface area contributed by atoms with Gasteiger partial charge in [0.05, 0.1) is 5.84 Å². The summed E-state index contributed by atoms with van der Waals surface area (Å²) in [6, 6.07) is 0.506. The molecule has 0 aliphatic carbocycles. The third kappa shape index (κ3) is 5.19. The quantitative estimate of drug-likeness (QED) is 0.529. The van der Waals surface area contributed by atoms with Gasteiger partial charge in [-0.05, 0) is 31.8 Å². The van der Waals surface area contributed by atoms with Crippen LogP contribution in [0.25, 0.3) is 0 Å². The smallest absolute Gasteiger partial charge is 0.0957 e. The highest BCUT2D eigenvalue weighted by atomic mass is 32.2. The maximum atomic E-state index is 7.78. The van der Waals surface area contributed by atoms with Crippen LogP contribution < -0.4 is 0 Å². The molecule has 0 heterocycles. The average molecular weight is 202 g/mol. The number of hydrogen-bond donors (Lipinski definition) is 1. The fourth-order valence-corrected chi connectivity index (χ4v) is 1.74. The van der Waals surface area contributed by atoms with Crippen molar-refractivity contribution in [3.63, 3.8) is 0 Å². The van der Waals surface area contributed by atoms with E-state index < -0.39 is 0 Å². The van der Waals surface area contributed by atoms with Gasteiger partial charge < -0.3 is 4.90 Å². The maximum absolute atomic E-state index is 7.78. The maximum Gasteiger partial charge on any atom is 0.0957 e. The van der Waals surface area contributed by atoms with Crippen LogP contribution in [0.15, 0.2) is 0 Å². The van der Waals surface area contributed by atoms with E-state index in [1.54, 1.807) is 0 Å². The molecule has 0 bridgehead atoms. The number of rotatable bonds is 6. The van der Waals surface area contributed by atoms with E-state index in [0.29, 0.717) is 6.04 Å². The number of thioether (sulfide) groups is 1. The van der Waals surface area contributed by atoms with Gasteiger partial charge in [0.25, 0.3) is 0 Å². The highest BCUT2D eigenvalue weighted by molar-refractivity contribution is 7.98. The molecule has 3 heteroatoms. The molecule has 0 aliphatic heterocycles. The fraction of sp³-hybridized carbons (Fsp3) is 0.900. The summed E-state index contributed by atoms with van der Waals surface area (Å²) in [7, 11) is 2.03. The van der Waals surface area contributed by atoms with Crippen LogP contribution >= 0.6 is 11.8 Å². The highest BCUT2D eigenvalue weighted by Crippen LogP contribution is 2.08. The van der Waals surface area contributed by atoms with Crippen molar-refractivity contribution in [2.45, 2.75) is 39.2 Å². The topological polar surface area (TPSA) is 27.1 Å². The molecule has 0 aliphatic rings. The van der Waals surface area contributed by atoms with Crippen LogP contribution in [0.4, 0.5) is 0 Å². The summed E-state index contributed by atoms with van der Waals surface area (Å²) in [5, 5.41) is 7.78. The fourth-order valence-electron chi connectivity index (χ4n) is 1.16. The van der Waals surface area contributed by atoms with Crippen molar-refractivity contribution in [2.24, 2.45) is 0 Å². The minimum Gasteiger partial charge on any atom is -0.361 e. The highest BCUT2D eigenvalue weighted by Gasteiger charge is 2.10. The summed E-state index contributed by atoms with van der Waals surface area (Å²) < 4.78 is 0. The first kappa shape index (κ1) is 12.8. The molecule has 0 saturated heterocycles. The predicted molar refractivity (Wildman–Crippen MR) is 62.9 cm³/mol. The normalized spacial score (nSPS) is 12.6. The van der Waals surface area contributed by atoms with Crippen LogP contribution in [0.2, 0.25) is 0 Å². The Balaban J connectivity index is 3.79. The van der Waals surface area contributed by atoms with E-state index in [9.17, 15) is 0 Å². The molecular formula is C10H22N2S. The zero-order chi connectivity index (χ0) is 10.3. The Morgan fingerprint density at radius 2 is 2.15 bits per heavy atom. The van der Waals surface area contributed by atoms with Crippen molar-refractivity contribution in [2.75, 3.05) is 19.1 Å². The average Bonchev–Trinajstić information content (AvgIpc) is 2.13. The first-order valence-electron chi connectivity index (χ1n) is 4.92. The zero-order valence-corrected chi connectivity index (χ0v) is 10.1. The van der Waals surface area contributed by atoms with Crippen LogP contribution in [-0.2, 0) is 0 Å². The lowest BCUT2D eigenvalue weighted by Gasteiger charge is -2.27. The van der Waals surface area contributed by atoms with Gasteiger partial charge in [-0.2, -0.15) is 11.8 Å². The Labute approximate surface area is 86.6 Å². The van der Waals surface area contributed by atoms with Gasteiger partial charge in [-0.25, -0.2) is 0 Å². The lowest BCUT2D eigenvalue weighted by atomic mass is 10.2. The van der Waals surface area contributed by atoms with Crippen molar-refractivity contribution in [1.82, 2.24) is 4.90 Å². The summed E-state index contributed by atoms with van der Waals surface area (Å²) in [5.74, 6) is 1.96. The Bertz CT molecular complexity index is 148. The number of nitrogens with one attached hydrogen (secondary N) is 1. The van der Waals surface area contributed by atoms with E-state index in [4.69, 9.17) is 5.41 Å². The zero-order valence-electron chi connectivity index (χ0n) is 9.26. The van der Waals surface area contributed by atoms with Gasteiger partial charge in [0.2, 0.25) is 0 Å². The van der Waals surface area contributed by atoms with Gasteiger partial charge in [0.1, 0.15) is 0 Å². The molecule has 0 saturated carbocycles.